The smallest absolute Gasteiger partial charge is 0.240 e. The molecule has 0 unspecified atom stereocenters. The van der Waals surface area contributed by atoms with Gasteiger partial charge in [-0.25, -0.2) is 13.6 Å². The van der Waals surface area contributed by atoms with Gasteiger partial charge in [0.15, 0.2) is 0 Å². The van der Waals surface area contributed by atoms with Crippen molar-refractivity contribution in [1.82, 2.24) is 0 Å². The van der Waals surface area contributed by atoms with Crippen LogP contribution in [0, 0.1) is 5.41 Å². The molecule has 0 saturated carbocycles. The minimum absolute atomic E-state index is 0.0857. The van der Waals surface area contributed by atoms with E-state index in [0.717, 1.165) is 0 Å². The number of benzene rings is 1. The summed E-state index contributed by atoms with van der Waals surface area (Å²) in [5, 5.41) is 17.1. The maximum absolute atomic E-state index is 11.3. The van der Waals surface area contributed by atoms with Crippen LogP contribution in [-0.4, -0.2) is 26.7 Å². The van der Waals surface area contributed by atoms with Crippen molar-refractivity contribution in [2.45, 2.75) is 25.2 Å². The van der Waals surface area contributed by atoms with Crippen LogP contribution in [0.15, 0.2) is 23.1 Å². The molecule has 19 heavy (non-hydrogen) atoms. The molecule has 0 bridgehead atoms. The van der Waals surface area contributed by atoms with E-state index in [1.807, 2.05) is 13.8 Å². The Hall–Kier alpha value is -1.31. The zero-order chi connectivity index (χ0) is 14.7. The average Bonchev–Trinajstić information content (AvgIpc) is 2.26. The molecule has 0 spiro atoms. The monoisotopic (exact) mass is 287 g/mol. The highest BCUT2D eigenvalue weighted by Gasteiger charge is 2.19. The van der Waals surface area contributed by atoms with Crippen molar-refractivity contribution in [3.05, 3.63) is 18.2 Å². The lowest BCUT2D eigenvalue weighted by molar-refractivity contribution is 0.220. The Labute approximate surface area is 113 Å². The standard InChI is InChI=1S/C12H21N3O3S/c1-12(2,6-7-16)8-15-9-4-3-5-10(11(9)13)19(14,17)18/h3-5,15-16H,6-8,13H2,1-2H3,(H2,14,17,18). The van der Waals surface area contributed by atoms with Crippen LogP contribution in [0.1, 0.15) is 20.3 Å². The van der Waals surface area contributed by atoms with E-state index in [9.17, 15) is 8.42 Å². The van der Waals surface area contributed by atoms with Crippen LogP contribution in [0.25, 0.3) is 0 Å². The third-order valence-corrected chi connectivity index (χ3v) is 3.89. The van der Waals surface area contributed by atoms with E-state index in [4.69, 9.17) is 16.0 Å². The van der Waals surface area contributed by atoms with Crippen molar-refractivity contribution in [2.24, 2.45) is 10.6 Å². The van der Waals surface area contributed by atoms with Crippen molar-refractivity contribution in [3.8, 4) is 0 Å². The number of hydrogen-bond donors (Lipinski definition) is 4. The number of hydrogen-bond acceptors (Lipinski definition) is 5. The molecule has 1 rings (SSSR count). The molecule has 108 valence electrons. The van der Waals surface area contributed by atoms with Gasteiger partial charge in [-0.3, -0.25) is 0 Å². The highest BCUT2D eigenvalue weighted by Crippen LogP contribution is 2.28. The number of para-hydroxylation sites is 1. The molecule has 0 fully saturated rings. The van der Waals surface area contributed by atoms with Gasteiger partial charge in [-0.15, -0.1) is 0 Å². The van der Waals surface area contributed by atoms with Gasteiger partial charge in [0.25, 0.3) is 0 Å². The van der Waals surface area contributed by atoms with Crippen LogP contribution in [0.5, 0.6) is 0 Å². The molecule has 1 aromatic carbocycles. The summed E-state index contributed by atoms with van der Waals surface area (Å²) in [5.41, 5.74) is 6.32. The second kappa shape index (κ2) is 5.77. The number of aliphatic hydroxyl groups excluding tert-OH is 1. The number of aliphatic hydroxyl groups is 1. The number of sulfonamides is 1. The molecular weight excluding hydrogens is 266 g/mol. The molecule has 1 aromatic rings. The Kier molecular flexibility index (Phi) is 4.78. The van der Waals surface area contributed by atoms with Crippen LogP contribution < -0.4 is 16.2 Å². The first-order valence-electron chi connectivity index (χ1n) is 5.93. The zero-order valence-corrected chi connectivity index (χ0v) is 12.0. The molecule has 0 aliphatic rings. The van der Waals surface area contributed by atoms with Gasteiger partial charge < -0.3 is 16.2 Å². The SMILES string of the molecule is CC(C)(CCO)CNc1cccc(S(N)(=O)=O)c1N. The van der Waals surface area contributed by atoms with E-state index in [2.05, 4.69) is 5.32 Å². The maximum atomic E-state index is 11.3. The van der Waals surface area contributed by atoms with Gasteiger partial charge in [0.1, 0.15) is 4.90 Å². The lowest BCUT2D eigenvalue weighted by atomic mass is 9.89. The fraction of sp³-hybridized carbons (Fsp3) is 0.500. The van der Waals surface area contributed by atoms with Gasteiger partial charge in [-0.05, 0) is 24.0 Å². The van der Waals surface area contributed by atoms with Crippen molar-refractivity contribution < 1.29 is 13.5 Å². The van der Waals surface area contributed by atoms with Crippen LogP contribution >= 0.6 is 0 Å². The first kappa shape index (κ1) is 15.7. The summed E-state index contributed by atoms with van der Waals surface area (Å²) in [7, 11) is -3.83. The molecule has 0 atom stereocenters. The molecular formula is C12H21N3O3S. The zero-order valence-electron chi connectivity index (χ0n) is 11.2. The first-order chi connectivity index (χ1) is 8.67. The summed E-state index contributed by atoms with van der Waals surface area (Å²) in [6, 6.07) is 4.64. The lowest BCUT2D eigenvalue weighted by Crippen LogP contribution is -2.25. The molecule has 6 nitrogen and oxygen atoms in total. The minimum Gasteiger partial charge on any atom is -0.396 e. The largest absolute Gasteiger partial charge is 0.396 e. The van der Waals surface area contributed by atoms with Crippen molar-refractivity contribution >= 4 is 21.4 Å². The third-order valence-electron chi connectivity index (χ3n) is 2.92. The Morgan fingerprint density at radius 2 is 2.00 bits per heavy atom. The minimum atomic E-state index is -3.83. The van der Waals surface area contributed by atoms with E-state index in [1.165, 1.54) is 6.07 Å². The number of rotatable bonds is 6. The van der Waals surface area contributed by atoms with Gasteiger partial charge in [-0.1, -0.05) is 19.9 Å². The van der Waals surface area contributed by atoms with E-state index in [-0.39, 0.29) is 22.6 Å². The fourth-order valence-electron chi connectivity index (χ4n) is 1.67. The molecule has 0 heterocycles. The number of primary sulfonamides is 1. The van der Waals surface area contributed by atoms with Crippen molar-refractivity contribution in [3.63, 3.8) is 0 Å². The summed E-state index contributed by atoms with van der Waals surface area (Å²) < 4.78 is 22.7. The lowest BCUT2D eigenvalue weighted by Gasteiger charge is -2.25. The van der Waals surface area contributed by atoms with E-state index < -0.39 is 10.0 Å². The number of anilines is 2. The van der Waals surface area contributed by atoms with Gasteiger partial charge in [0, 0.05) is 13.2 Å². The highest BCUT2D eigenvalue weighted by atomic mass is 32.2. The predicted octanol–water partition coefficient (Wildman–Crippen LogP) is 0.737. The first-order valence-corrected chi connectivity index (χ1v) is 7.48. The van der Waals surface area contributed by atoms with E-state index >= 15 is 0 Å². The van der Waals surface area contributed by atoms with Gasteiger partial charge in [0.05, 0.1) is 11.4 Å². The normalized spacial score (nSPS) is 12.4. The van der Waals surface area contributed by atoms with Crippen molar-refractivity contribution in [2.75, 3.05) is 24.2 Å². The summed E-state index contributed by atoms with van der Waals surface area (Å²) in [6.07, 6.45) is 0.634. The van der Waals surface area contributed by atoms with Crippen LogP contribution in [0.2, 0.25) is 0 Å². The average molecular weight is 287 g/mol. The molecule has 0 saturated heterocycles. The Morgan fingerprint density at radius 3 is 2.53 bits per heavy atom. The van der Waals surface area contributed by atoms with Crippen molar-refractivity contribution in [1.29, 1.82) is 0 Å². The highest BCUT2D eigenvalue weighted by molar-refractivity contribution is 7.89. The van der Waals surface area contributed by atoms with E-state index in [0.29, 0.717) is 18.7 Å². The molecule has 6 N–H and O–H groups in total. The number of nitrogens with two attached hydrogens (primary N) is 2. The second-order valence-corrected chi connectivity index (χ2v) is 6.78. The summed E-state index contributed by atoms with van der Waals surface area (Å²) in [5.74, 6) is 0. The molecule has 0 amide bonds. The van der Waals surface area contributed by atoms with Crippen LogP contribution in [0.3, 0.4) is 0 Å². The predicted molar refractivity (Wildman–Crippen MR) is 76.2 cm³/mol. The van der Waals surface area contributed by atoms with Crippen LogP contribution in [-0.2, 0) is 10.0 Å². The van der Waals surface area contributed by atoms with Crippen LogP contribution in [0.4, 0.5) is 11.4 Å². The van der Waals surface area contributed by atoms with Gasteiger partial charge in [0.2, 0.25) is 10.0 Å². The molecule has 0 radical (unpaired) electrons. The van der Waals surface area contributed by atoms with Gasteiger partial charge >= 0.3 is 0 Å². The molecule has 0 aliphatic heterocycles. The Bertz CT molecular complexity index is 541. The summed E-state index contributed by atoms with van der Waals surface area (Å²) >= 11 is 0. The van der Waals surface area contributed by atoms with Gasteiger partial charge in [-0.2, -0.15) is 0 Å². The molecule has 7 heteroatoms. The topological polar surface area (TPSA) is 118 Å². The third kappa shape index (κ3) is 4.38. The Balaban J connectivity index is 2.92. The number of nitrogens with one attached hydrogen (secondary N) is 1. The molecule has 0 aromatic heterocycles. The maximum Gasteiger partial charge on any atom is 0.240 e. The Morgan fingerprint density at radius 1 is 1.37 bits per heavy atom. The quantitative estimate of drug-likeness (QED) is 0.575. The summed E-state index contributed by atoms with van der Waals surface area (Å²) in [6.45, 7) is 4.65. The fourth-order valence-corrected chi connectivity index (χ4v) is 2.36. The second-order valence-electron chi connectivity index (χ2n) is 5.25. The summed E-state index contributed by atoms with van der Waals surface area (Å²) in [4.78, 5) is -0.0857. The number of nitrogen functional groups attached to an aromatic ring is 1. The van der Waals surface area contributed by atoms with E-state index in [1.54, 1.807) is 12.1 Å². The molecule has 0 aliphatic carbocycles.